The van der Waals surface area contributed by atoms with Crippen molar-refractivity contribution in [3.8, 4) is 11.4 Å². The highest BCUT2D eigenvalue weighted by atomic mass is 35.5. The van der Waals surface area contributed by atoms with E-state index in [4.69, 9.17) is 16.1 Å². The number of rotatable bonds is 6. The summed E-state index contributed by atoms with van der Waals surface area (Å²) in [5.41, 5.74) is 1.02. The first-order valence-corrected chi connectivity index (χ1v) is 10.00. The molecule has 1 aromatic heterocycles. The summed E-state index contributed by atoms with van der Waals surface area (Å²) >= 11 is 5.80. The highest BCUT2D eigenvalue weighted by molar-refractivity contribution is 7.89. The van der Waals surface area contributed by atoms with Crippen LogP contribution in [0.5, 0.6) is 0 Å². The summed E-state index contributed by atoms with van der Waals surface area (Å²) < 4.78 is 31.5. The summed E-state index contributed by atoms with van der Waals surface area (Å²) in [6.45, 7) is 1.29. The lowest BCUT2D eigenvalue weighted by Gasteiger charge is -2.17. The fourth-order valence-corrected chi connectivity index (χ4v) is 3.71. The van der Waals surface area contributed by atoms with E-state index in [1.165, 1.54) is 19.2 Å². The Balaban J connectivity index is 1.74. The van der Waals surface area contributed by atoms with Gasteiger partial charge in [-0.2, -0.15) is 9.29 Å². The Kier molecular flexibility index (Phi) is 5.78. The zero-order chi connectivity index (χ0) is 20.3. The number of hydrogen-bond acceptors (Lipinski definition) is 6. The number of aromatic nitrogens is 2. The maximum absolute atomic E-state index is 12.8. The number of halogens is 1. The minimum Gasteiger partial charge on any atom is -0.339 e. The van der Waals surface area contributed by atoms with E-state index in [2.05, 4.69) is 15.5 Å². The first-order valence-electron chi connectivity index (χ1n) is 8.18. The van der Waals surface area contributed by atoms with E-state index in [1.54, 1.807) is 43.3 Å². The number of benzene rings is 2. The third-order valence-electron chi connectivity index (χ3n) is 3.82. The van der Waals surface area contributed by atoms with E-state index in [0.717, 1.165) is 4.31 Å². The first-order chi connectivity index (χ1) is 13.3. The molecule has 0 aliphatic carbocycles. The molecule has 0 atom stereocenters. The fourth-order valence-electron chi connectivity index (χ4n) is 2.41. The van der Waals surface area contributed by atoms with Gasteiger partial charge in [0.1, 0.15) is 0 Å². The lowest BCUT2D eigenvalue weighted by molar-refractivity contribution is -0.116. The van der Waals surface area contributed by atoms with Gasteiger partial charge in [0.05, 0.1) is 11.4 Å². The molecule has 8 nitrogen and oxygen atoms in total. The van der Waals surface area contributed by atoms with Crippen LogP contribution in [0.2, 0.25) is 5.02 Å². The average molecular weight is 421 g/mol. The molecule has 1 N–H and O–H groups in total. The van der Waals surface area contributed by atoms with Gasteiger partial charge in [-0.25, -0.2) is 8.42 Å². The monoisotopic (exact) mass is 420 g/mol. The summed E-state index contributed by atoms with van der Waals surface area (Å²) in [5, 5.41) is 6.95. The van der Waals surface area contributed by atoms with E-state index >= 15 is 0 Å². The zero-order valence-electron chi connectivity index (χ0n) is 15.1. The second kappa shape index (κ2) is 8.09. The predicted octanol–water partition coefficient (Wildman–Crippen LogP) is 2.96. The Bertz CT molecular complexity index is 1100. The predicted molar refractivity (Wildman–Crippen MR) is 104 cm³/mol. The highest BCUT2D eigenvalue weighted by Crippen LogP contribution is 2.22. The lowest BCUT2D eigenvalue weighted by atomic mass is 10.2. The summed E-state index contributed by atoms with van der Waals surface area (Å²) in [6.07, 6.45) is 0. The molecule has 3 rings (SSSR count). The van der Waals surface area contributed by atoms with Crippen molar-refractivity contribution < 1.29 is 17.7 Å². The van der Waals surface area contributed by atoms with E-state index in [-0.39, 0.29) is 17.3 Å². The van der Waals surface area contributed by atoms with Crippen molar-refractivity contribution >= 4 is 33.2 Å². The summed E-state index contributed by atoms with van der Waals surface area (Å²) in [5.74, 6) is 0.190. The normalized spacial score (nSPS) is 11.6. The van der Waals surface area contributed by atoms with Crippen LogP contribution in [0.4, 0.5) is 5.69 Å². The Morgan fingerprint density at radius 3 is 2.57 bits per heavy atom. The minimum atomic E-state index is -3.89. The van der Waals surface area contributed by atoms with E-state index in [1.807, 2.05) is 0 Å². The van der Waals surface area contributed by atoms with Crippen LogP contribution in [0.25, 0.3) is 11.4 Å². The Morgan fingerprint density at radius 1 is 1.21 bits per heavy atom. The van der Waals surface area contributed by atoms with Crippen molar-refractivity contribution in [3.05, 3.63) is 59.4 Å². The van der Waals surface area contributed by atoms with Crippen LogP contribution in [0, 0.1) is 6.92 Å². The van der Waals surface area contributed by atoms with Gasteiger partial charge in [-0.1, -0.05) is 28.9 Å². The summed E-state index contributed by atoms with van der Waals surface area (Å²) in [6, 6.07) is 12.7. The number of aryl methyl sites for hydroxylation is 1. The Labute approximate surface area is 167 Å². The smallest absolute Gasteiger partial charge is 0.243 e. The van der Waals surface area contributed by atoms with Gasteiger partial charge in [-0.3, -0.25) is 4.79 Å². The quantitative estimate of drug-likeness (QED) is 0.657. The molecule has 28 heavy (non-hydrogen) atoms. The van der Waals surface area contributed by atoms with Crippen molar-refractivity contribution in [2.75, 3.05) is 18.9 Å². The number of likely N-dealkylation sites (N-methyl/N-ethyl adjacent to an activating group) is 1. The highest BCUT2D eigenvalue weighted by Gasteiger charge is 2.24. The second-order valence-electron chi connectivity index (χ2n) is 5.98. The number of sulfonamides is 1. The molecule has 0 fully saturated rings. The van der Waals surface area contributed by atoms with Crippen LogP contribution < -0.4 is 5.32 Å². The molecule has 0 aliphatic heterocycles. The topological polar surface area (TPSA) is 105 Å². The van der Waals surface area contributed by atoms with Crippen molar-refractivity contribution in [2.24, 2.45) is 0 Å². The molecule has 0 saturated carbocycles. The zero-order valence-corrected chi connectivity index (χ0v) is 16.7. The fraction of sp³-hybridized carbons (Fsp3) is 0.167. The molecule has 3 aromatic rings. The van der Waals surface area contributed by atoms with Gasteiger partial charge in [0, 0.05) is 30.2 Å². The average Bonchev–Trinajstić information content (AvgIpc) is 3.10. The SMILES string of the molecule is Cc1nc(-c2cccc(S(=O)(=O)N(C)CC(=O)Nc3ccc(Cl)cc3)c2)no1. The van der Waals surface area contributed by atoms with Crippen LogP contribution in [-0.4, -0.2) is 42.4 Å². The molecule has 0 aliphatic rings. The molecular formula is C18H17ClN4O4S. The van der Waals surface area contributed by atoms with Crippen LogP contribution >= 0.6 is 11.6 Å². The number of amides is 1. The molecule has 0 unspecified atom stereocenters. The molecule has 0 radical (unpaired) electrons. The van der Waals surface area contributed by atoms with Crippen molar-refractivity contribution in [3.63, 3.8) is 0 Å². The van der Waals surface area contributed by atoms with Crippen LogP contribution in [0.3, 0.4) is 0 Å². The standard InChI is InChI=1S/C18H17ClN4O4S/c1-12-20-18(22-27-12)13-4-3-5-16(10-13)28(25,26)23(2)11-17(24)21-15-8-6-14(19)7-9-15/h3-10H,11H2,1-2H3,(H,21,24). The van der Waals surface area contributed by atoms with Crippen molar-refractivity contribution in [1.29, 1.82) is 0 Å². The maximum atomic E-state index is 12.8. The first kappa shape index (κ1) is 20.0. The largest absolute Gasteiger partial charge is 0.339 e. The lowest BCUT2D eigenvalue weighted by Crippen LogP contribution is -2.35. The Morgan fingerprint density at radius 2 is 1.93 bits per heavy atom. The molecule has 0 bridgehead atoms. The van der Waals surface area contributed by atoms with Gasteiger partial charge in [-0.15, -0.1) is 0 Å². The molecular weight excluding hydrogens is 404 g/mol. The maximum Gasteiger partial charge on any atom is 0.243 e. The third-order valence-corrected chi connectivity index (χ3v) is 5.87. The molecule has 0 saturated heterocycles. The van der Waals surface area contributed by atoms with Gasteiger partial charge < -0.3 is 9.84 Å². The number of hydrogen-bond donors (Lipinski definition) is 1. The number of anilines is 1. The molecule has 1 amide bonds. The van der Waals surface area contributed by atoms with Crippen molar-refractivity contribution in [1.82, 2.24) is 14.4 Å². The number of carbonyl (C=O) groups excluding carboxylic acids is 1. The number of nitrogens with one attached hydrogen (secondary N) is 1. The second-order valence-corrected chi connectivity index (χ2v) is 8.46. The van der Waals surface area contributed by atoms with Crippen LogP contribution in [0.15, 0.2) is 57.9 Å². The van der Waals surface area contributed by atoms with Crippen LogP contribution in [0.1, 0.15) is 5.89 Å². The van der Waals surface area contributed by atoms with Crippen LogP contribution in [-0.2, 0) is 14.8 Å². The van der Waals surface area contributed by atoms with Gasteiger partial charge in [0.25, 0.3) is 0 Å². The van der Waals surface area contributed by atoms with Gasteiger partial charge in [0.15, 0.2) is 0 Å². The van der Waals surface area contributed by atoms with Gasteiger partial charge in [0.2, 0.25) is 27.6 Å². The Hall–Kier alpha value is -2.75. The minimum absolute atomic E-state index is 0.0224. The molecule has 1 heterocycles. The van der Waals surface area contributed by atoms with E-state index in [9.17, 15) is 13.2 Å². The van der Waals surface area contributed by atoms with Gasteiger partial charge >= 0.3 is 0 Å². The third kappa shape index (κ3) is 4.56. The molecule has 146 valence electrons. The number of nitrogens with zero attached hydrogens (tertiary/aromatic N) is 3. The van der Waals surface area contributed by atoms with Crippen molar-refractivity contribution in [2.45, 2.75) is 11.8 Å². The van der Waals surface area contributed by atoms with Gasteiger partial charge in [-0.05, 0) is 36.4 Å². The van der Waals surface area contributed by atoms with E-state index < -0.39 is 15.9 Å². The van der Waals surface area contributed by atoms with E-state index in [0.29, 0.717) is 22.2 Å². The number of carbonyl (C=O) groups is 1. The molecule has 0 spiro atoms. The summed E-state index contributed by atoms with van der Waals surface area (Å²) in [7, 11) is -2.56. The summed E-state index contributed by atoms with van der Waals surface area (Å²) in [4.78, 5) is 16.3. The molecule has 10 heteroatoms. The molecule has 2 aromatic carbocycles.